The Morgan fingerprint density at radius 1 is 0.970 bits per heavy atom. The van der Waals surface area contributed by atoms with Gasteiger partial charge in [-0.2, -0.15) is 0 Å². The molecule has 4 rings (SSSR count). The van der Waals surface area contributed by atoms with Gasteiger partial charge in [0.15, 0.2) is 11.6 Å². The van der Waals surface area contributed by atoms with Crippen molar-refractivity contribution in [2.24, 2.45) is 17.8 Å². The predicted molar refractivity (Wildman–Crippen MR) is 134 cm³/mol. The van der Waals surface area contributed by atoms with Crippen LogP contribution in [-0.2, 0) is 0 Å². The summed E-state index contributed by atoms with van der Waals surface area (Å²) >= 11 is 0. The lowest BCUT2D eigenvalue weighted by Crippen LogP contribution is -2.30. The molecule has 0 spiro atoms. The van der Waals surface area contributed by atoms with E-state index in [2.05, 4.69) is 6.92 Å². The quantitative estimate of drug-likeness (QED) is 0.271. The van der Waals surface area contributed by atoms with E-state index in [0.717, 1.165) is 41.5 Å². The number of ether oxygens (including phenoxy) is 1. The first-order valence-corrected chi connectivity index (χ1v) is 13.3. The number of rotatable bonds is 9. The van der Waals surface area contributed by atoms with Gasteiger partial charge in [-0.15, -0.1) is 0 Å². The molecule has 2 aromatic rings. The lowest BCUT2D eigenvalue weighted by atomic mass is 9.63. The van der Waals surface area contributed by atoms with Gasteiger partial charge in [-0.3, -0.25) is 0 Å². The SMILES string of the molecule is CC=CCOc1ccc2cc(C3CCC4CC(CCCCCC)CCC4C3)c(F)cc2c1F. The van der Waals surface area contributed by atoms with Crippen molar-refractivity contribution in [1.29, 1.82) is 0 Å². The van der Waals surface area contributed by atoms with Crippen LogP contribution in [0.15, 0.2) is 36.4 Å². The van der Waals surface area contributed by atoms with Gasteiger partial charge in [0.05, 0.1) is 0 Å². The van der Waals surface area contributed by atoms with Gasteiger partial charge in [0.25, 0.3) is 0 Å². The summed E-state index contributed by atoms with van der Waals surface area (Å²) < 4.78 is 35.6. The molecule has 0 saturated heterocycles. The fourth-order valence-corrected chi connectivity index (χ4v) is 6.36. The molecule has 0 heterocycles. The number of allylic oxidation sites excluding steroid dienone is 1. The highest BCUT2D eigenvalue weighted by molar-refractivity contribution is 5.85. The average Bonchev–Trinajstić information content (AvgIpc) is 2.83. The van der Waals surface area contributed by atoms with Gasteiger partial charge in [-0.25, -0.2) is 8.78 Å². The van der Waals surface area contributed by atoms with Crippen LogP contribution in [0.4, 0.5) is 8.78 Å². The Kier molecular flexibility index (Phi) is 8.44. The largest absolute Gasteiger partial charge is 0.486 e. The van der Waals surface area contributed by atoms with Crippen LogP contribution in [-0.4, -0.2) is 6.61 Å². The topological polar surface area (TPSA) is 9.23 Å². The molecule has 0 aromatic heterocycles. The summed E-state index contributed by atoms with van der Waals surface area (Å²) in [5, 5.41) is 1.08. The minimum Gasteiger partial charge on any atom is -0.486 e. The third-order valence-electron chi connectivity index (χ3n) is 8.23. The molecule has 0 aliphatic heterocycles. The van der Waals surface area contributed by atoms with E-state index in [-0.39, 0.29) is 17.5 Å². The second-order valence-electron chi connectivity index (χ2n) is 10.4. The van der Waals surface area contributed by atoms with E-state index in [1.165, 1.54) is 63.9 Å². The van der Waals surface area contributed by atoms with E-state index in [1.807, 2.05) is 31.2 Å². The van der Waals surface area contributed by atoms with Crippen LogP contribution in [0, 0.1) is 29.4 Å². The maximum absolute atomic E-state index is 15.2. The molecule has 2 fully saturated rings. The molecule has 2 saturated carbocycles. The van der Waals surface area contributed by atoms with Gasteiger partial charge in [0.1, 0.15) is 12.4 Å². The van der Waals surface area contributed by atoms with Gasteiger partial charge in [-0.1, -0.05) is 63.7 Å². The predicted octanol–water partition coefficient (Wildman–Crippen LogP) is 9.34. The fraction of sp³-hybridized carbons (Fsp3) is 0.600. The molecule has 2 aromatic carbocycles. The summed E-state index contributed by atoms with van der Waals surface area (Å²) in [5.74, 6) is 2.16. The number of hydrogen-bond donors (Lipinski definition) is 0. The monoisotopic (exact) mass is 454 g/mol. The van der Waals surface area contributed by atoms with Gasteiger partial charge in [0.2, 0.25) is 0 Å². The zero-order chi connectivity index (χ0) is 23.2. The number of hydrogen-bond acceptors (Lipinski definition) is 1. The van der Waals surface area contributed by atoms with E-state index in [9.17, 15) is 4.39 Å². The number of benzene rings is 2. The molecule has 0 N–H and O–H groups in total. The molecule has 33 heavy (non-hydrogen) atoms. The minimum absolute atomic E-state index is 0.180. The number of fused-ring (bicyclic) bond motifs is 2. The van der Waals surface area contributed by atoms with Gasteiger partial charge in [0, 0.05) is 5.39 Å². The maximum Gasteiger partial charge on any atom is 0.172 e. The van der Waals surface area contributed by atoms with Crippen LogP contribution in [0.25, 0.3) is 10.8 Å². The van der Waals surface area contributed by atoms with Crippen LogP contribution in [0.1, 0.15) is 96.0 Å². The molecule has 2 aliphatic carbocycles. The standard InChI is InChI=1S/C30H40F2O/c1-3-5-7-8-9-21-10-11-23-18-24(13-12-22(23)17-21)26-19-25-14-15-29(33-16-6-4-2)30(32)27(25)20-28(26)31/h4,6,14-15,19-24H,3,5,7-13,16-18H2,1-2H3. The number of unbranched alkanes of at least 4 members (excludes halogenated alkanes) is 3. The first-order valence-electron chi connectivity index (χ1n) is 13.3. The second kappa shape index (κ2) is 11.5. The zero-order valence-electron chi connectivity index (χ0n) is 20.4. The fourth-order valence-electron chi connectivity index (χ4n) is 6.36. The Hall–Kier alpha value is -1.90. The van der Waals surface area contributed by atoms with Gasteiger partial charge < -0.3 is 4.74 Å². The Balaban J connectivity index is 1.42. The van der Waals surface area contributed by atoms with Crippen molar-refractivity contribution in [3.63, 3.8) is 0 Å². The van der Waals surface area contributed by atoms with Crippen molar-refractivity contribution in [3.8, 4) is 5.75 Å². The summed E-state index contributed by atoms with van der Waals surface area (Å²) in [5.41, 5.74) is 0.782. The molecule has 0 radical (unpaired) electrons. The summed E-state index contributed by atoms with van der Waals surface area (Å²) in [6, 6.07) is 6.82. The molecule has 3 heteroatoms. The normalized spacial score (nSPS) is 25.5. The summed E-state index contributed by atoms with van der Waals surface area (Å²) in [7, 11) is 0. The Labute approximate surface area is 198 Å². The summed E-state index contributed by atoms with van der Waals surface area (Å²) in [4.78, 5) is 0. The van der Waals surface area contributed by atoms with Crippen molar-refractivity contribution < 1.29 is 13.5 Å². The molecular weight excluding hydrogens is 414 g/mol. The van der Waals surface area contributed by atoms with Gasteiger partial charge >= 0.3 is 0 Å². The average molecular weight is 455 g/mol. The summed E-state index contributed by atoms with van der Waals surface area (Å²) in [6.45, 7) is 4.48. The Morgan fingerprint density at radius 3 is 2.61 bits per heavy atom. The third kappa shape index (κ3) is 5.78. The van der Waals surface area contributed by atoms with Crippen LogP contribution >= 0.6 is 0 Å². The maximum atomic E-state index is 15.2. The smallest absolute Gasteiger partial charge is 0.172 e. The molecule has 1 nitrogen and oxygen atoms in total. The van der Waals surface area contributed by atoms with Crippen LogP contribution in [0.2, 0.25) is 0 Å². The highest BCUT2D eigenvalue weighted by Gasteiger charge is 2.36. The van der Waals surface area contributed by atoms with E-state index >= 15 is 4.39 Å². The van der Waals surface area contributed by atoms with E-state index in [1.54, 1.807) is 6.07 Å². The zero-order valence-corrected chi connectivity index (χ0v) is 20.4. The molecule has 2 aliphatic rings. The summed E-state index contributed by atoms with van der Waals surface area (Å²) in [6.07, 6.45) is 17.9. The molecule has 4 atom stereocenters. The van der Waals surface area contributed by atoms with Crippen molar-refractivity contribution in [3.05, 3.63) is 53.6 Å². The molecule has 0 amide bonds. The van der Waals surface area contributed by atoms with Crippen LogP contribution in [0.3, 0.4) is 0 Å². The first kappa shape index (κ1) is 24.2. The van der Waals surface area contributed by atoms with Crippen molar-refractivity contribution in [2.45, 2.75) is 90.4 Å². The Bertz CT molecular complexity index is 950. The highest BCUT2D eigenvalue weighted by Crippen LogP contribution is 2.49. The molecule has 4 unspecified atom stereocenters. The van der Waals surface area contributed by atoms with Gasteiger partial charge in [-0.05, 0) is 91.8 Å². The molecular formula is C30H40F2O. The van der Waals surface area contributed by atoms with Crippen molar-refractivity contribution in [2.75, 3.05) is 6.61 Å². The Morgan fingerprint density at radius 2 is 1.79 bits per heavy atom. The van der Waals surface area contributed by atoms with Crippen molar-refractivity contribution in [1.82, 2.24) is 0 Å². The third-order valence-corrected chi connectivity index (χ3v) is 8.23. The minimum atomic E-state index is -0.469. The molecule has 180 valence electrons. The number of halogens is 2. The van der Waals surface area contributed by atoms with Crippen LogP contribution in [0.5, 0.6) is 5.75 Å². The second-order valence-corrected chi connectivity index (χ2v) is 10.4. The lowest BCUT2D eigenvalue weighted by Gasteiger charge is -2.42. The first-order chi connectivity index (χ1) is 16.1. The van der Waals surface area contributed by atoms with E-state index in [4.69, 9.17) is 4.74 Å². The van der Waals surface area contributed by atoms with Crippen LogP contribution < -0.4 is 4.74 Å². The highest BCUT2D eigenvalue weighted by atomic mass is 19.1. The molecule has 0 bridgehead atoms. The van der Waals surface area contributed by atoms with E-state index in [0.29, 0.717) is 12.0 Å². The van der Waals surface area contributed by atoms with E-state index < -0.39 is 5.82 Å². The lowest BCUT2D eigenvalue weighted by molar-refractivity contribution is 0.112. The van der Waals surface area contributed by atoms with Crippen molar-refractivity contribution >= 4 is 10.8 Å².